The van der Waals surface area contributed by atoms with Crippen molar-refractivity contribution in [3.63, 3.8) is 0 Å². The number of rotatable bonds is 12. The number of aromatic amines is 2. The Morgan fingerprint density at radius 2 is 0.458 bits per heavy atom. The van der Waals surface area contributed by atoms with Crippen molar-refractivity contribution in [1.82, 2.24) is 79.9 Å². The maximum absolute atomic E-state index is 5.73. The van der Waals surface area contributed by atoms with Gasteiger partial charge in [-0.3, -0.25) is 0 Å². The molecule has 0 fully saturated rings. The van der Waals surface area contributed by atoms with Crippen LogP contribution in [0.15, 0.2) is 243 Å². The van der Waals surface area contributed by atoms with Crippen LogP contribution in [0.2, 0.25) is 0 Å². The Morgan fingerprint density at radius 3 is 0.688 bits per heavy atom. The number of benzene rings is 8. The van der Waals surface area contributed by atoms with Gasteiger partial charge in [0.15, 0.2) is 0 Å². The minimum Gasteiger partial charge on any atom is -0.354 e. The molecule has 0 amide bonds. The van der Waals surface area contributed by atoms with Crippen LogP contribution in [-0.2, 0) is 0 Å². The van der Waals surface area contributed by atoms with E-state index >= 15 is 0 Å². The lowest BCUT2D eigenvalue weighted by atomic mass is 10.0. The summed E-state index contributed by atoms with van der Waals surface area (Å²) in [6.45, 7) is 8.23. The van der Waals surface area contributed by atoms with E-state index in [9.17, 15) is 0 Å². The SMILES string of the molecule is Cc1c(-c2ccccc2)nnn1-c1cccc(-c2c3nc(c(-c4cccc(-n5nnc(-c6ccccc6)c5C)c4)c4ccc([nH]4)c(-c4cccc(-n5nnc(-c6ccccc6)c5C)c4)c4nc(c(-c5cccc(-n6nnc(-c7ccccc7)c6C)c5)c5ccc2[nH]5)C=C4)C=C3)c1. The van der Waals surface area contributed by atoms with Crippen molar-refractivity contribution >= 4 is 46.4 Å². The van der Waals surface area contributed by atoms with Gasteiger partial charge in [-0.15, -0.1) is 20.4 Å². The number of nitrogens with one attached hydrogen (secondary N) is 2. The van der Waals surface area contributed by atoms with E-state index in [2.05, 4.69) is 232 Å². The van der Waals surface area contributed by atoms with Gasteiger partial charge in [0.05, 0.1) is 68.3 Å². The fourth-order valence-corrected chi connectivity index (χ4v) is 13.3. The molecule has 0 aliphatic carbocycles. The van der Waals surface area contributed by atoms with E-state index < -0.39 is 0 Å². The molecular formula is C80H58N16. The third-order valence-electron chi connectivity index (χ3n) is 18.0. The highest BCUT2D eigenvalue weighted by Gasteiger charge is 2.24. The summed E-state index contributed by atoms with van der Waals surface area (Å²) in [5.74, 6) is 0. The van der Waals surface area contributed by atoms with Crippen LogP contribution in [-0.4, -0.2) is 79.9 Å². The van der Waals surface area contributed by atoms with Crippen LogP contribution in [0.25, 0.3) is 159 Å². The van der Waals surface area contributed by atoms with Crippen molar-refractivity contribution in [3.05, 3.63) is 288 Å². The zero-order valence-corrected chi connectivity index (χ0v) is 52.7. The maximum Gasteiger partial charge on any atom is 0.116 e. The quantitative estimate of drug-likeness (QED) is 0.119. The molecule has 15 aromatic rings. The van der Waals surface area contributed by atoms with Crippen molar-refractivity contribution in [2.45, 2.75) is 27.7 Å². The highest BCUT2D eigenvalue weighted by Crippen LogP contribution is 2.41. The van der Waals surface area contributed by atoms with E-state index in [1.807, 2.05) is 91.5 Å². The third kappa shape index (κ3) is 10.0. The molecule has 17 rings (SSSR count). The van der Waals surface area contributed by atoms with Gasteiger partial charge in [-0.05, 0) is 147 Å². The van der Waals surface area contributed by atoms with Crippen LogP contribution in [0.4, 0.5) is 0 Å². The van der Waals surface area contributed by atoms with Gasteiger partial charge >= 0.3 is 0 Å². The predicted octanol–water partition coefficient (Wildman–Crippen LogP) is 17.5. The number of fused-ring (bicyclic) bond motifs is 8. The summed E-state index contributed by atoms with van der Waals surface area (Å²) in [7, 11) is 0. The molecule has 2 N–H and O–H groups in total. The summed E-state index contributed by atoms with van der Waals surface area (Å²) in [4.78, 5) is 19.4. The first-order chi connectivity index (χ1) is 47.2. The second-order valence-corrected chi connectivity index (χ2v) is 23.9. The molecule has 7 aromatic heterocycles. The first-order valence-corrected chi connectivity index (χ1v) is 31.7. The van der Waals surface area contributed by atoms with Crippen LogP contribution in [0.3, 0.4) is 0 Å². The highest BCUT2D eigenvalue weighted by molar-refractivity contribution is 6.00. The fourth-order valence-electron chi connectivity index (χ4n) is 13.3. The van der Waals surface area contributed by atoms with Gasteiger partial charge in [0.25, 0.3) is 0 Å². The van der Waals surface area contributed by atoms with Gasteiger partial charge in [0.1, 0.15) is 22.8 Å². The molecule has 16 heteroatoms. The lowest BCUT2D eigenvalue weighted by Crippen LogP contribution is -2.00. The molecule has 458 valence electrons. The highest BCUT2D eigenvalue weighted by atomic mass is 15.5. The van der Waals surface area contributed by atoms with E-state index in [1.54, 1.807) is 0 Å². The molecule has 2 aliphatic rings. The van der Waals surface area contributed by atoms with Crippen LogP contribution < -0.4 is 0 Å². The molecule has 9 heterocycles. The largest absolute Gasteiger partial charge is 0.354 e. The van der Waals surface area contributed by atoms with Gasteiger partial charge in [0, 0.05) is 66.6 Å². The Hall–Kier alpha value is -13.1. The van der Waals surface area contributed by atoms with Gasteiger partial charge in [0.2, 0.25) is 0 Å². The monoisotopic (exact) mass is 1240 g/mol. The van der Waals surface area contributed by atoms with Crippen molar-refractivity contribution in [1.29, 1.82) is 0 Å². The molecule has 0 saturated heterocycles. The van der Waals surface area contributed by atoms with Crippen molar-refractivity contribution in [2.24, 2.45) is 0 Å². The Balaban J connectivity index is 0.927. The number of nitrogens with zero attached hydrogens (tertiary/aromatic N) is 14. The molecule has 0 spiro atoms. The molecule has 96 heavy (non-hydrogen) atoms. The Labute approximate surface area is 551 Å². The average molecular weight is 1240 g/mol. The molecular weight excluding hydrogens is 1180 g/mol. The molecule has 8 aromatic carbocycles. The maximum atomic E-state index is 5.73. The van der Waals surface area contributed by atoms with Crippen molar-refractivity contribution in [3.8, 4) is 112 Å². The van der Waals surface area contributed by atoms with Gasteiger partial charge in [-0.1, -0.05) is 191 Å². The van der Waals surface area contributed by atoms with Crippen molar-refractivity contribution < 1.29 is 0 Å². The average Bonchev–Trinajstić information content (AvgIpc) is 1.62. The predicted molar refractivity (Wildman–Crippen MR) is 381 cm³/mol. The zero-order valence-electron chi connectivity index (χ0n) is 52.7. The van der Waals surface area contributed by atoms with Crippen LogP contribution >= 0.6 is 0 Å². The lowest BCUT2D eigenvalue weighted by Gasteiger charge is -2.10. The fraction of sp³-hybridized carbons (Fsp3) is 0.0500. The molecule has 0 unspecified atom stereocenters. The summed E-state index contributed by atoms with van der Waals surface area (Å²) in [6.07, 6.45) is 8.47. The summed E-state index contributed by atoms with van der Waals surface area (Å²) >= 11 is 0. The first kappa shape index (κ1) is 56.9. The number of H-pyrrole nitrogens is 2. The Bertz CT molecular complexity index is 5070. The minimum atomic E-state index is 0.749. The van der Waals surface area contributed by atoms with Crippen LogP contribution in [0.1, 0.15) is 45.6 Å². The second-order valence-electron chi connectivity index (χ2n) is 23.9. The standard InChI is InChI=1S/C80H58N16/c1-49-77(53-21-9-5-10-22-53)85-89-93(49)61-33-17-29-57(45-61)73-65-37-39-67(81-65)74(58-30-18-34-62(46-58)94-50(2)78(86-90-94)54-23-11-6-12-24-54)69-41-43-71(83-69)76(60-32-20-36-64(48-60)96-52(4)80(88-92-96)56-27-15-8-16-28-56)72-44-42-70(84-72)75(68-40-38-66(73)82-68)59-31-19-35-63(47-59)95-51(3)79(87-91-95)55-25-13-7-14-26-55/h5-48,81,84H,1-4H3. The normalized spacial score (nSPS) is 11.9. The van der Waals surface area contributed by atoms with Gasteiger partial charge < -0.3 is 9.97 Å². The molecule has 0 radical (unpaired) electrons. The molecule has 2 aliphatic heterocycles. The zero-order chi connectivity index (χ0) is 64.4. The summed E-state index contributed by atoms with van der Waals surface area (Å²) in [5.41, 5.74) is 27.8. The topological polar surface area (TPSA) is 180 Å². The summed E-state index contributed by atoms with van der Waals surface area (Å²) in [5, 5.41) is 37.8. The van der Waals surface area contributed by atoms with Crippen LogP contribution in [0, 0.1) is 27.7 Å². The van der Waals surface area contributed by atoms with Crippen molar-refractivity contribution in [2.75, 3.05) is 0 Å². The van der Waals surface area contributed by atoms with Gasteiger partial charge in [-0.2, -0.15) is 0 Å². The molecule has 0 saturated carbocycles. The Kier molecular flexibility index (Phi) is 14.0. The smallest absolute Gasteiger partial charge is 0.116 e. The first-order valence-electron chi connectivity index (χ1n) is 31.7. The van der Waals surface area contributed by atoms with Crippen LogP contribution in [0.5, 0.6) is 0 Å². The Morgan fingerprint density at radius 1 is 0.240 bits per heavy atom. The number of aromatic nitrogens is 16. The number of hydrogen-bond donors (Lipinski definition) is 2. The van der Waals surface area contributed by atoms with E-state index in [0.717, 1.165) is 180 Å². The minimum absolute atomic E-state index is 0.749. The summed E-state index contributed by atoms with van der Waals surface area (Å²) in [6, 6.07) is 83.0. The molecule has 0 atom stereocenters. The third-order valence-corrected chi connectivity index (χ3v) is 18.0. The van der Waals surface area contributed by atoms with E-state index in [1.165, 1.54) is 0 Å². The molecule has 8 bridgehead atoms. The van der Waals surface area contributed by atoms with E-state index in [4.69, 9.17) is 51.2 Å². The number of hydrogen-bond acceptors (Lipinski definition) is 10. The van der Waals surface area contributed by atoms with E-state index in [0.29, 0.717) is 0 Å². The molecule has 16 nitrogen and oxygen atoms in total. The summed E-state index contributed by atoms with van der Waals surface area (Å²) < 4.78 is 7.62. The van der Waals surface area contributed by atoms with Gasteiger partial charge in [-0.25, -0.2) is 28.7 Å². The second kappa shape index (κ2) is 23.6. The van der Waals surface area contributed by atoms with E-state index in [-0.39, 0.29) is 0 Å². The lowest BCUT2D eigenvalue weighted by molar-refractivity contribution is 0.785.